The van der Waals surface area contributed by atoms with E-state index in [0.717, 1.165) is 23.1 Å². The van der Waals surface area contributed by atoms with E-state index in [4.69, 9.17) is 0 Å². The number of benzene rings is 1. The molecule has 0 radical (unpaired) electrons. The first-order valence-corrected chi connectivity index (χ1v) is 7.67. The van der Waals surface area contributed by atoms with Crippen molar-refractivity contribution in [1.82, 2.24) is 4.90 Å². The number of hydrogen-bond acceptors (Lipinski definition) is 3. The fourth-order valence-corrected chi connectivity index (χ4v) is 3.36. The van der Waals surface area contributed by atoms with E-state index in [0.29, 0.717) is 6.04 Å². The molecular weight excluding hydrogens is 304 g/mol. The molecule has 0 saturated carbocycles. The van der Waals surface area contributed by atoms with Crippen LogP contribution in [0.3, 0.4) is 0 Å². The highest BCUT2D eigenvalue weighted by molar-refractivity contribution is 9.10. The van der Waals surface area contributed by atoms with Crippen LogP contribution < -0.4 is 4.90 Å². The molecule has 1 saturated heterocycles. The number of aliphatic hydroxyl groups excluding tert-OH is 1. The van der Waals surface area contributed by atoms with Crippen molar-refractivity contribution in [1.29, 1.82) is 0 Å². The summed E-state index contributed by atoms with van der Waals surface area (Å²) in [5, 5.41) is 9.67. The van der Waals surface area contributed by atoms with Gasteiger partial charge in [0.25, 0.3) is 0 Å². The third-order valence-corrected chi connectivity index (χ3v) is 4.61. The number of likely N-dealkylation sites (N-methyl/N-ethyl adjacent to an activating group) is 1. The maximum Gasteiger partial charge on any atom is 0.0772 e. The van der Waals surface area contributed by atoms with Crippen molar-refractivity contribution < 1.29 is 5.11 Å². The fraction of sp³-hybridized carbons (Fsp3) is 0.600. The molecule has 1 aromatic carbocycles. The standard InChI is InChI=1S/C15H23BrN2O/c1-11(19)14-7-6-12(9-15(14)16)18-8-4-5-13(10-18)17(2)3/h6-7,9,11,13,19H,4-5,8,10H2,1-3H3. The second kappa shape index (κ2) is 6.25. The minimum atomic E-state index is -0.431. The smallest absolute Gasteiger partial charge is 0.0772 e. The van der Waals surface area contributed by atoms with Crippen molar-refractivity contribution in [2.45, 2.75) is 31.9 Å². The second-order valence-electron chi connectivity index (χ2n) is 5.59. The first-order chi connectivity index (χ1) is 8.99. The summed E-state index contributed by atoms with van der Waals surface area (Å²) in [6, 6.07) is 6.89. The van der Waals surface area contributed by atoms with E-state index in [2.05, 4.69) is 52.0 Å². The van der Waals surface area contributed by atoms with Gasteiger partial charge in [-0.1, -0.05) is 22.0 Å². The molecule has 0 spiro atoms. The predicted octanol–water partition coefficient (Wildman–Crippen LogP) is 3.03. The van der Waals surface area contributed by atoms with Crippen LogP contribution in [0.5, 0.6) is 0 Å². The number of anilines is 1. The van der Waals surface area contributed by atoms with Crippen LogP contribution >= 0.6 is 15.9 Å². The number of nitrogens with zero attached hydrogens (tertiary/aromatic N) is 2. The van der Waals surface area contributed by atoms with Gasteiger partial charge in [-0.2, -0.15) is 0 Å². The van der Waals surface area contributed by atoms with E-state index in [-0.39, 0.29) is 0 Å². The van der Waals surface area contributed by atoms with E-state index in [1.807, 2.05) is 6.07 Å². The molecule has 1 heterocycles. The summed E-state index contributed by atoms with van der Waals surface area (Å²) in [5.41, 5.74) is 2.19. The Hall–Kier alpha value is -0.580. The molecule has 2 unspecified atom stereocenters. The molecule has 0 amide bonds. The highest BCUT2D eigenvalue weighted by atomic mass is 79.9. The third kappa shape index (κ3) is 3.50. The zero-order chi connectivity index (χ0) is 14.0. The maximum absolute atomic E-state index is 9.67. The Morgan fingerprint density at radius 2 is 2.16 bits per heavy atom. The summed E-state index contributed by atoms with van der Waals surface area (Å²) in [5.74, 6) is 0. The van der Waals surface area contributed by atoms with Gasteiger partial charge in [0, 0.05) is 29.3 Å². The molecule has 1 N–H and O–H groups in total. The first kappa shape index (κ1) is 14.8. The summed E-state index contributed by atoms with van der Waals surface area (Å²) in [6.07, 6.45) is 2.08. The summed E-state index contributed by atoms with van der Waals surface area (Å²) in [6.45, 7) is 3.99. The average molecular weight is 327 g/mol. The van der Waals surface area contributed by atoms with Gasteiger partial charge in [0.15, 0.2) is 0 Å². The van der Waals surface area contributed by atoms with Crippen molar-refractivity contribution in [2.24, 2.45) is 0 Å². The molecule has 0 bridgehead atoms. The Kier molecular flexibility index (Phi) is 4.87. The molecule has 3 nitrogen and oxygen atoms in total. The molecule has 1 aliphatic rings. The van der Waals surface area contributed by atoms with E-state index >= 15 is 0 Å². The zero-order valence-electron chi connectivity index (χ0n) is 11.9. The van der Waals surface area contributed by atoms with Crippen LogP contribution in [-0.4, -0.2) is 43.2 Å². The van der Waals surface area contributed by atoms with Crippen molar-refractivity contribution in [3.63, 3.8) is 0 Å². The molecule has 4 heteroatoms. The summed E-state index contributed by atoms with van der Waals surface area (Å²) in [7, 11) is 4.31. The molecule has 106 valence electrons. The summed E-state index contributed by atoms with van der Waals surface area (Å²) >= 11 is 3.56. The van der Waals surface area contributed by atoms with Crippen molar-refractivity contribution >= 4 is 21.6 Å². The monoisotopic (exact) mass is 326 g/mol. The van der Waals surface area contributed by atoms with Gasteiger partial charge < -0.3 is 14.9 Å². The lowest BCUT2D eigenvalue weighted by atomic mass is 10.0. The Morgan fingerprint density at radius 1 is 1.42 bits per heavy atom. The largest absolute Gasteiger partial charge is 0.389 e. The Balaban J connectivity index is 2.15. The Labute approximate surface area is 124 Å². The van der Waals surface area contributed by atoms with Gasteiger partial charge in [0.05, 0.1) is 6.10 Å². The third-order valence-electron chi connectivity index (χ3n) is 3.93. The number of aliphatic hydroxyl groups is 1. The van der Waals surface area contributed by atoms with Crippen LogP contribution in [0.1, 0.15) is 31.4 Å². The molecule has 0 aromatic heterocycles. The second-order valence-corrected chi connectivity index (χ2v) is 6.44. The number of piperidine rings is 1. The molecule has 2 rings (SSSR count). The van der Waals surface area contributed by atoms with Crippen molar-refractivity contribution in [2.75, 3.05) is 32.1 Å². The molecular formula is C15H23BrN2O. The quantitative estimate of drug-likeness (QED) is 0.924. The first-order valence-electron chi connectivity index (χ1n) is 6.88. The summed E-state index contributed by atoms with van der Waals surface area (Å²) in [4.78, 5) is 4.75. The van der Waals surface area contributed by atoms with Gasteiger partial charge in [-0.05, 0) is 51.6 Å². The minimum Gasteiger partial charge on any atom is -0.389 e. The van der Waals surface area contributed by atoms with Crippen LogP contribution in [0.15, 0.2) is 22.7 Å². The topological polar surface area (TPSA) is 26.7 Å². The van der Waals surface area contributed by atoms with Gasteiger partial charge in [-0.15, -0.1) is 0 Å². The maximum atomic E-state index is 9.67. The number of rotatable bonds is 3. The predicted molar refractivity (Wildman–Crippen MR) is 83.7 cm³/mol. The normalized spacial score (nSPS) is 21.8. The molecule has 19 heavy (non-hydrogen) atoms. The van der Waals surface area contributed by atoms with Crippen molar-refractivity contribution in [3.05, 3.63) is 28.2 Å². The van der Waals surface area contributed by atoms with E-state index in [9.17, 15) is 5.11 Å². The molecule has 1 aliphatic heterocycles. The van der Waals surface area contributed by atoms with Crippen LogP contribution in [0, 0.1) is 0 Å². The van der Waals surface area contributed by atoms with Gasteiger partial charge in [0.2, 0.25) is 0 Å². The summed E-state index contributed by atoms with van der Waals surface area (Å²) < 4.78 is 0.993. The van der Waals surface area contributed by atoms with Crippen LogP contribution in [-0.2, 0) is 0 Å². The minimum absolute atomic E-state index is 0.431. The van der Waals surface area contributed by atoms with E-state index in [1.165, 1.54) is 18.5 Å². The van der Waals surface area contributed by atoms with Gasteiger partial charge in [0.1, 0.15) is 0 Å². The molecule has 1 aromatic rings. The van der Waals surface area contributed by atoms with E-state index < -0.39 is 6.10 Å². The lowest BCUT2D eigenvalue weighted by molar-refractivity contribution is 0.198. The van der Waals surface area contributed by atoms with Crippen molar-refractivity contribution in [3.8, 4) is 0 Å². The van der Waals surface area contributed by atoms with Crippen LogP contribution in [0.4, 0.5) is 5.69 Å². The lowest BCUT2D eigenvalue weighted by Gasteiger charge is -2.37. The van der Waals surface area contributed by atoms with Gasteiger partial charge in [-0.3, -0.25) is 0 Å². The van der Waals surface area contributed by atoms with Gasteiger partial charge >= 0.3 is 0 Å². The highest BCUT2D eigenvalue weighted by Gasteiger charge is 2.22. The molecule has 0 aliphatic carbocycles. The van der Waals surface area contributed by atoms with Crippen LogP contribution in [0.2, 0.25) is 0 Å². The SMILES string of the molecule is CC(O)c1ccc(N2CCCC(N(C)C)C2)cc1Br. The number of hydrogen-bond donors (Lipinski definition) is 1. The Bertz CT molecular complexity index is 434. The van der Waals surface area contributed by atoms with Gasteiger partial charge in [-0.25, -0.2) is 0 Å². The van der Waals surface area contributed by atoms with Crippen LogP contribution in [0.25, 0.3) is 0 Å². The lowest BCUT2D eigenvalue weighted by Crippen LogP contribution is -2.45. The zero-order valence-corrected chi connectivity index (χ0v) is 13.5. The Morgan fingerprint density at radius 3 is 2.74 bits per heavy atom. The number of halogens is 1. The highest BCUT2D eigenvalue weighted by Crippen LogP contribution is 2.30. The fourth-order valence-electron chi connectivity index (χ4n) is 2.66. The molecule has 1 fully saturated rings. The molecule has 2 atom stereocenters. The van der Waals surface area contributed by atoms with E-state index in [1.54, 1.807) is 6.92 Å². The average Bonchev–Trinajstić information content (AvgIpc) is 2.38.